The van der Waals surface area contributed by atoms with Crippen LogP contribution in [0.25, 0.3) is 5.57 Å². The van der Waals surface area contributed by atoms with Crippen LogP contribution in [0.15, 0.2) is 30.3 Å². The molecule has 0 aromatic heterocycles. The molecule has 1 aromatic rings. The van der Waals surface area contributed by atoms with E-state index in [9.17, 15) is 0 Å². The minimum atomic E-state index is 0.853. The highest BCUT2D eigenvalue weighted by Crippen LogP contribution is 2.19. The van der Waals surface area contributed by atoms with E-state index in [1.54, 1.807) is 7.11 Å². The lowest BCUT2D eigenvalue weighted by Gasteiger charge is -2.25. The second-order valence-corrected chi connectivity index (χ2v) is 4.53. The van der Waals surface area contributed by atoms with E-state index in [2.05, 4.69) is 30.0 Å². The number of nitrogens with zero attached hydrogens (tertiary/aromatic N) is 1. The number of methoxy groups -OCH3 is 1. The molecule has 2 rings (SSSR count). The van der Waals surface area contributed by atoms with Crippen LogP contribution in [-0.2, 0) is 4.74 Å². The highest BCUT2D eigenvalue weighted by molar-refractivity contribution is 5.65. The lowest BCUT2D eigenvalue weighted by Crippen LogP contribution is -2.36. The third kappa shape index (κ3) is 3.59. The van der Waals surface area contributed by atoms with Gasteiger partial charge in [0.05, 0.1) is 20.3 Å². The summed E-state index contributed by atoms with van der Waals surface area (Å²) in [6.07, 6.45) is 2.28. The van der Waals surface area contributed by atoms with Crippen molar-refractivity contribution in [1.29, 1.82) is 0 Å². The molecule has 0 N–H and O–H groups in total. The van der Waals surface area contributed by atoms with Crippen molar-refractivity contribution in [1.82, 2.24) is 4.90 Å². The van der Waals surface area contributed by atoms with Crippen LogP contribution < -0.4 is 4.74 Å². The number of hydrogen-bond acceptors (Lipinski definition) is 3. The molecule has 1 heterocycles. The van der Waals surface area contributed by atoms with Gasteiger partial charge in [-0.2, -0.15) is 0 Å². The van der Waals surface area contributed by atoms with Crippen LogP contribution in [0.5, 0.6) is 5.75 Å². The smallest absolute Gasteiger partial charge is 0.119 e. The van der Waals surface area contributed by atoms with E-state index >= 15 is 0 Å². The molecule has 3 nitrogen and oxygen atoms in total. The largest absolute Gasteiger partial charge is 0.497 e. The summed E-state index contributed by atoms with van der Waals surface area (Å²) in [5, 5.41) is 0. The van der Waals surface area contributed by atoms with Crippen molar-refractivity contribution in [3.8, 4) is 5.75 Å². The standard InChI is InChI=1S/C15H21NO2/c1-13(6-7-16-8-10-18-11-9-16)14-4-3-5-15(12-14)17-2/h3-6,12H,7-11H2,1-2H3/b13-6+. The van der Waals surface area contributed by atoms with Crippen LogP contribution in [-0.4, -0.2) is 44.9 Å². The average Bonchev–Trinajstić information content (AvgIpc) is 2.46. The van der Waals surface area contributed by atoms with Crippen molar-refractivity contribution >= 4 is 5.57 Å². The van der Waals surface area contributed by atoms with Crippen molar-refractivity contribution in [3.63, 3.8) is 0 Å². The third-order valence-electron chi connectivity index (χ3n) is 3.28. The second kappa shape index (κ2) is 6.57. The van der Waals surface area contributed by atoms with Crippen LogP contribution in [0.2, 0.25) is 0 Å². The van der Waals surface area contributed by atoms with E-state index in [-0.39, 0.29) is 0 Å². The maximum atomic E-state index is 5.34. The van der Waals surface area contributed by atoms with E-state index in [1.165, 1.54) is 11.1 Å². The first kappa shape index (κ1) is 13.1. The van der Waals surface area contributed by atoms with Crippen LogP contribution in [0, 0.1) is 0 Å². The Morgan fingerprint density at radius 1 is 1.39 bits per heavy atom. The average molecular weight is 247 g/mol. The normalized spacial score (nSPS) is 17.8. The van der Waals surface area contributed by atoms with Crippen molar-refractivity contribution < 1.29 is 9.47 Å². The van der Waals surface area contributed by atoms with Gasteiger partial charge in [0.1, 0.15) is 5.75 Å². The van der Waals surface area contributed by atoms with Crippen molar-refractivity contribution in [2.75, 3.05) is 40.0 Å². The second-order valence-electron chi connectivity index (χ2n) is 4.53. The fourth-order valence-electron chi connectivity index (χ4n) is 2.04. The quantitative estimate of drug-likeness (QED) is 0.815. The number of allylic oxidation sites excluding steroid dienone is 1. The van der Waals surface area contributed by atoms with Gasteiger partial charge in [-0.1, -0.05) is 18.2 Å². The molecule has 0 spiro atoms. The maximum absolute atomic E-state index is 5.34. The summed E-state index contributed by atoms with van der Waals surface area (Å²) in [6, 6.07) is 8.19. The molecule has 0 aliphatic carbocycles. The number of rotatable bonds is 4. The van der Waals surface area contributed by atoms with Crippen molar-refractivity contribution in [3.05, 3.63) is 35.9 Å². The summed E-state index contributed by atoms with van der Waals surface area (Å²) in [4.78, 5) is 2.41. The van der Waals surface area contributed by atoms with Gasteiger partial charge in [-0.05, 0) is 30.2 Å². The molecule has 0 unspecified atom stereocenters. The number of hydrogen-bond donors (Lipinski definition) is 0. The van der Waals surface area contributed by atoms with Crippen LogP contribution in [0.4, 0.5) is 0 Å². The molecule has 3 heteroatoms. The zero-order valence-electron chi connectivity index (χ0n) is 11.2. The molecule has 0 radical (unpaired) electrons. The SMILES string of the molecule is COc1cccc(/C(C)=C/CN2CCOCC2)c1. The minimum Gasteiger partial charge on any atom is -0.497 e. The fourth-order valence-corrected chi connectivity index (χ4v) is 2.04. The van der Waals surface area contributed by atoms with Gasteiger partial charge in [0.2, 0.25) is 0 Å². The van der Waals surface area contributed by atoms with Gasteiger partial charge in [0.15, 0.2) is 0 Å². The van der Waals surface area contributed by atoms with Gasteiger partial charge in [-0.25, -0.2) is 0 Å². The third-order valence-corrected chi connectivity index (χ3v) is 3.28. The fraction of sp³-hybridized carbons (Fsp3) is 0.467. The molecule has 98 valence electrons. The summed E-state index contributed by atoms with van der Waals surface area (Å²) >= 11 is 0. The number of morpholine rings is 1. The first-order valence-electron chi connectivity index (χ1n) is 6.41. The summed E-state index contributed by atoms with van der Waals surface area (Å²) in [6.45, 7) is 6.91. The van der Waals surface area contributed by atoms with E-state index in [4.69, 9.17) is 9.47 Å². The van der Waals surface area contributed by atoms with E-state index in [1.807, 2.05) is 12.1 Å². The summed E-state index contributed by atoms with van der Waals surface area (Å²) in [5.74, 6) is 0.909. The van der Waals surface area contributed by atoms with Gasteiger partial charge in [-0.3, -0.25) is 4.90 Å². The Balaban J connectivity index is 1.98. The van der Waals surface area contributed by atoms with E-state index < -0.39 is 0 Å². The van der Waals surface area contributed by atoms with Crippen LogP contribution >= 0.6 is 0 Å². The summed E-state index contributed by atoms with van der Waals surface area (Å²) in [5.41, 5.74) is 2.52. The molecule has 1 fully saturated rings. The molecule has 0 bridgehead atoms. The Hall–Kier alpha value is -1.32. The predicted octanol–water partition coefficient (Wildman–Crippen LogP) is 2.43. The lowest BCUT2D eigenvalue weighted by atomic mass is 10.1. The van der Waals surface area contributed by atoms with Gasteiger partial charge >= 0.3 is 0 Å². The number of ether oxygens (including phenoxy) is 2. The Labute approximate surface area is 109 Å². The first-order valence-corrected chi connectivity index (χ1v) is 6.41. The molecule has 1 saturated heterocycles. The van der Waals surface area contributed by atoms with Crippen molar-refractivity contribution in [2.24, 2.45) is 0 Å². The highest BCUT2D eigenvalue weighted by atomic mass is 16.5. The molecule has 18 heavy (non-hydrogen) atoms. The molecular weight excluding hydrogens is 226 g/mol. The van der Waals surface area contributed by atoms with E-state index in [0.29, 0.717) is 0 Å². The molecule has 1 aliphatic rings. The van der Waals surface area contributed by atoms with Gasteiger partial charge < -0.3 is 9.47 Å². The zero-order valence-corrected chi connectivity index (χ0v) is 11.2. The topological polar surface area (TPSA) is 21.7 Å². The highest BCUT2D eigenvalue weighted by Gasteiger charge is 2.08. The Bertz CT molecular complexity index is 409. The Kier molecular flexibility index (Phi) is 4.79. The predicted molar refractivity (Wildman–Crippen MR) is 73.9 cm³/mol. The van der Waals surface area contributed by atoms with Crippen LogP contribution in [0.3, 0.4) is 0 Å². The van der Waals surface area contributed by atoms with Gasteiger partial charge in [0, 0.05) is 19.6 Å². The minimum absolute atomic E-state index is 0.853. The summed E-state index contributed by atoms with van der Waals surface area (Å²) < 4.78 is 10.6. The molecule has 0 saturated carbocycles. The van der Waals surface area contributed by atoms with E-state index in [0.717, 1.165) is 38.6 Å². The van der Waals surface area contributed by atoms with Crippen LogP contribution in [0.1, 0.15) is 12.5 Å². The monoisotopic (exact) mass is 247 g/mol. The molecular formula is C15H21NO2. The Morgan fingerprint density at radius 3 is 2.89 bits per heavy atom. The first-order chi connectivity index (χ1) is 8.79. The molecule has 0 atom stereocenters. The Morgan fingerprint density at radius 2 is 2.17 bits per heavy atom. The molecule has 1 aliphatic heterocycles. The lowest BCUT2D eigenvalue weighted by molar-refractivity contribution is 0.0435. The van der Waals surface area contributed by atoms with Gasteiger partial charge in [0.25, 0.3) is 0 Å². The van der Waals surface area contributed by atoms with Crippen molar-refractivity contribution in [2.45, 2.75) is 6.92 Å². The maximum Gasteiger partial charge on any atom is 0.119 e. The summed E-state index contributed by atoms with van der Waals surface area (Å²) in [7, 11) is 1.70. The molecule has 1 aromatic carbocycles. The molecule has 0 amide bonds. The number of benzene rings is 1. The van der Waals surface area contributed by atoms with Gasteiger partial charge in [-0.15, -0.1) is 0 Å². The zero-order chi connectivity index (χ0) is 12.8.